The van der Waals surface area contributed by atoms with Gasteiger partial charge in [-0.3, -0.25) is 0 Å². The van der Waals surface area contributed by atoms with E-state index in [0.29, 0.717) is 12.6 Å². The average molecular weight is 187 g/mol. The molecule has 0 aliphatic heterocycles. The fraction of sp³-hybridized carbons (Fsp3) is 1.00. The molecule has 0 aromatic rings. The molecule has 2 N–H and O–H groups in total. The third-order valence-electron chi connectivity index (χ3n) is 2.92. The van der Waals surface area contributed by atoms with Gasteiger partial charge in [-0.05, 0) is 19.3 Å². The minimum atomic E-state index is 0.209. The fourth-order valence-corrected chi connectivity index (χ4v) is 1.45. The van der Waals surface area contributed by atoms with Gasteiger partial charge in [0, 0.05) is 31.7 Å². The monoisotopic (exact) mass is 187 g/mol. The molecule has 0 aromatic carbocycles. The first kappa shape index (κ1) is 11.0. The summed E-state index contributed by atoms with van der Waals surface area (Å²) in [5.41, 5.74) is 0.209. The minimum Gasteiger partial charge on any atom is -0.396 e. The zero-order chi connectivity index (χ0) is 9.73. The molecule has 1 aliphatic carbocycles. The average Bonchev–Trinajstić information content (AvgIpc) is 2.93. The molecule has 0 spiro atoms. The fourth-order valence-electron chi connectivity index (χ4n) is 1.45. The molecule has 0 heterocycles. The highest BCUT2D eigenvalue weighted by atomic mass is 16.5. The quantitative estimate of drug-likeness (QED) is 0.618. The lowest BCUT2D eigenvalue weighted by atomic mass is 10.1. The first-order chi connectivity index (χ1) is 6.26. The van der Waals surface area contributed by atoms with Crippen LogP contribution in [0.15, 0.2) is 0 Å². The summed E-state index contributed by atoms with van der Waals surface area (Å²) >= 11 is 0. The SMILES string of the molecule is CCC(COC)NCC1(CO)CC1. The molecule has 3 nitrogen and oxygen atoms in total. The highest BCUT2D eigenvalue weighted by Crippen LogP contribution is 2.44. The molecule has 3 heteroatoms. The van der Waals surface area contributed by atoms with E-state index in [1.165, 1.54) is 12.8 Å². The summed E-state index contributed by atoms with van der Waals surface area (Å²) in [6.45, 7) is 4.17. The van der Waals surface area contributed by atoms with Gasteiger partial charge in [0.05, 0.1) is 6.61 Å². The van der Waals surface area contributed by atoms with Gasteiger partial charge in [-0.25, -0.2) is 0 Å². The second-order valence-electron chi connectivity index (χ2n) is 4.10. The maximum absolute atomic E-state index is 9.10. The Hall–Kier alpha value is -0.120. The van der Waals surface area contributed by atoms with Crippen LogP contribution in [0.2, 0.25) is 0 Å². The number of rotatable bonds is 7. The Morgan fingerprint density at radius 1 is 1.54 bits per heavy atom. The van der Waals surface area contributed by atoms with Crippen molar-refractivity contribution in [3.63, 3.8) is 0 Å². The molecule has 0 aromatic heterocycles. The summed E-state index contributed by atoms with van der Waals surface area (Å²) in [6, 6.07) is 0.439. The van der Waals surface area contributed by atoms with Crippen LogP contribution >= 0.6 is 0 Å². The van der Waals surface area contributed by atoms with E-state index in [1.54, 1.807) is 7.11 Å². The summed E-state index contributed by atoms with van der Waals surface area (Å²) in [6.07, 6.45) is 3.41. The van der Waals surface area contributed by atoms with Crippen LogP contribution in [0, 0.1) is 5.41 Å². The number of methoxy groups -OCH3 is 1. The summed E-state index contributed by atoms with van der Waals surface area (Å²) < 4.78 is 5.09. The van der Waals surface area contributed by atoms with Gasteiger partial charge in [0.25, 0.3) is 0 Å². The molecule has 0 amide bonds. The van der Waals surface area contributed by atoms with Crippen LogP contribution in [0.25, 0.3) is 0 Å². The molecule has 0 saturated heterocycles. The predicted octanol–water partition coefficient (Wildman–Crippen LogP) is 0.773. The van der Waals surface area contributed by atoms with Crippen molar-refractivity contribution in [1.82, 2.24) is 5.32 Å². The smallest absolute Gasteiger partial charge is 0.0615 e. The number of nitrogens with one attached hydrogen (secondary N) is 1. The Balaban J connectivity index is 2.15. The Morgan fingerprint density at radius 3 is 2.62 bits per heavy atom. The maximum Gasteiger partial charge on any atom is 0.0615 e. The predicted molar refractivity (Wildman–Crippen MR) is 52.7 cm³/mol. The molecule has 0 bridgehead atoms. The van der Waals surface area contributed by atoms with E-state index in [1.807, 2.05) is 0 Å². The van der Waals surface area contributed by atoms with E-state index in [-0.39, 0.29) is 5.41 Å². The van der Waals surface area contributed by atoms with Gasteiger partial charge in [0.1, 0.15) is 0 Å². The van der Waals surface area contributed by atoms with Crippen LogP contribution < -0.4 is 5.32 Å². The van der Waals surface area contributed by atoms with Crippen molar-refractivity contribution in [2.75, 3.05) is 26.9 Å². The highest BCUT2D eigenvalue weighted by Gasteiger charge is 2.41. The molecule has 0 radical (unpaired) electrons. The lowest BCUT2D eigenvalue weighted by Gasteiger charge is -2.19. The van der Waals surface area contributed by atoms with Crippen molar-refractivity contribution < 1.29 is 9.84 Å². The standard InChI is InChI=1S/C10H21NO2/c1-3-9(6-13-2)11-7-10(8-12)4-5-10/h9,11-12H,3-8H2,1-2H3. The molecule has 1 atom stereocenters. The summed E-state index contributed by atoms with van der Waals surface area (Å²) in [4.78, 5) is 0. The van der Waals surface area contributed by atoms with Gasteiger partial charge >= 0.3 is 0 Å². The van der Waals surface area contributed by atoms with Gasteiger partial charge in [-0.1, -0.05) is 6.92 Å². The minimum absolute atomic E-state index is 0.209. The molecule has 13 heavy (non-hydrogen) atoms. The van der Waals surface area contributed by atoms with Gasteiger partial charge in [-0.2, -0.15) is 0 Å². The Labute approximate surface area is 80.5 Å². The van der Waals surface area contributed by atoms with Crippen LogP contribution in [-0.2, 0) is 4.74 Å². The van der Waals surface area contributed by atoms with Gasteiger partial charge in [-0.15, -0.1) is 0 Å². The molecule has 1 unspecified atom stereocenters. The Morgan fingerprint density at radius 2 is 2.23 bits per heavy atom. The van der Waals surface area contributed by atoms with Crippen LogP contribution in [0.3, 0.4) is 0 Å². The topological polar surface area (TPSA) is 41.5 Å². The Kier molecular flexibility index (Phi) is 4.16. The van der Waals surface area contributed by atoms with Crippen LogP contribution in [0.5, 0.6) is 0 Å². The van der Waals surface area contributed by atoms with Crippen LogP contribution in [-0.4, -0.2) is 38.0 Å². The zero-order valence-electron chi connectivity index (χ0n) is 8.68. The number of hydrogen-bond acceptors (Lipinski definition) is 3. The number of aliphatic hydroxyl groups is 1. The molecule has 1 rings (SSSR count). The van der Waals surface area contributed by atoms with Crippen molar-refractivity contribution in [3.8, 4) is 0 Å². The molecule has 78 valence electrons. The van der Waals surface area contributed by atoms with Gasteiger partial charge < -0.3 is 15.2 Å². The maximum atomic E-state index is 9.10. The Bertz CT molecular complexity index is 146. The summed E-state index contributed by atoms with van der Waals surface area (Å²) in [7, 11) is 1.73. The van der Waals surface area contributed by atoms with E-state index in [0.717, 1.165) is 19.6 Å². The lowest BCUT2D eigenvalue weighted by molar-refractivity contribution is 0.151. The third kappa shape index (κ3) is 3.25. The van der Waals surface area contributed by atoms with Gasteiger partial charge in [0.15, 0.2) is 0 Å². The molecular weight excluding hydrogens is 166 g/mol. The number of ether oxygens (including phenoxy) is 1. The largest absolute Gasteiger partial charge is 0.396 e. The van der Waals surface area contributed by atoms with Gasteiger partial charge in [0.2, 0.25) is 0 Å². The second kappa shape index (κ2) is 4.94. The normalized spacial score (nSPS) is 21.5. The molecule has 1 aliphatic rings. The number of aliphatic hydroxyl groups excluding tert-OH is 1. The van der Waals surface area contributed by atoms with Crippen LogP contribution in [0.1, 0.15) is 26.2 Å². The van der Waals surface area contributed by atoms with Crippen molar-refractivity contribution >= 4 is 0 Å². The third-order valence-corrected chi connectivity index (χ3v) is 2.92. The summed E-state index contributed by atoms with van der Waals surface area (Å²) in [5, 5.41) is 12.5. The highest BCUT2D eigenvalue weighted by molar-refractivity contribution is 4.94. The van der Waals surface area contributed by atoms with Crippen molar-refractivity contribution in [3.05, 3.63) is 0 Å². The van der Waals surface area contributed by atoms with E-state index in [2.05, 4.69) is 12.2 Å². The van der Waals surface area contributed by atoms with Crippen molar-refractivity contribution in [2.24, 2.45) is 5.41 Å². The van der Waals surface area contributed by atoms with E-state index in [4.69, 9.17) is 9.84 Å². The molecule has 1 saturated carbocycles. The number of hydrogen-bond donors (Lipinski definition) is 2. The molecule has 1 fully saturated rings. The van der Waals surface area contributed by atoms with E-state index >= 15 is 0 Å². The van der Waals surface area contributed by atoms with Crippen molar-refractivity contribution in [1.29, 1.82) is 0 Å². The lowest BCUT2D eigenvalue weighted by Crippen LogP contribution is -2.37. The van der Waals surface area contributed by atoms with E-state index < -0.39 is 0 Å². The summed E-state index contributed by atoms with van der Waals surface area (Å²) in [5.74, 6) is 0. The first-order valence-electron chi connectivity index (χ1n) is 5.09. The zero-order valence-corrected chi connectivity index (χ0v) is 8.68. The first-order valence-corrected chi connectivity index (χ1v) is 5.09. The van der Waals surface area contributed by atoms with E-state index in [9.17, 15) is 0 Å². The van der Waals surface area contributed by atoms with Crippen molar-refractivity contribution in [2.45, 2.75) is 32.2 Å². The second-order valence-corrected chi connectivity index (χ2v) is 4.10. The molecular formula is C10H21NO2. The van der Waals surface area contributed by atoms with Crippen LogP contribution in [0.4, 0.5) is 0 Å².